The van der Waals surface area contributed by atoms with E-state index < -0.39 is 0 Å². The highest BCUT2D eigenvalue weighted by Crippen LogP contribution is 2.35. The first-order chi connectivity index (χ1) is 12.0. The second kappa shape index (κ2) is 7.28. The second-order valence-corrected chi connectivity index (χ2v) is 7.55. The number of aromatic nitrogens is 1. The van der Waals surface area contributed by atoms with Gasteiger partial charge in [0, 0.05) is 11.8 Å². The number of rotatable bonds is 5. The molecule has 2 heterocycles. The molecule has 1 amide bonds. The molecule has 3 rings (SSSR count). The van der Waals surface area contributed by atoms with E-state index in [9.17, 15) is 4.79 Å². The van der Waals surface area contributed by atoms with Gasteiger partial charge in [-0.05, 0) is 47.1 Å². The third-order valence-electron chi connectivity index (χ3n) is 3.54. The Labute approximate surface area is 156 Å². The quantitative estimate of drug-likeness (QED) is 0.642. The van der Waals surface area contributed by atoms with Crippen molar-refractivity contribution in [2.45, 2.75) is 6.92 Å². The van der Waals surface area contributed by atoms with Gasteiger partial charge in [0.2, 0.25) is 0 Å². The number of carbonyl (C=O) groups excluding carboxylic acids is 1. The van der Waals surface area contributed by atoms with E-state index in [1.54, 1.807) is 39.3 Å². The van der Waals surface area contributed by atoms with Crippen LogP contribution in [0.3, 0.4) is 0 Å². The summed E-state index contributed by atoms with van der Waals surface area (Å²) in [5.41, 5.74) is 1.51. The van der Waals surface area contributed by atoms with Gasteiger partial charge in [-0.3, -0.25) is 4.79 Å². The van der Waals surface area contributed by atoms with Crippen LogP contribution in [0.1, 0.15) is 16.1 Å². The van der Waals surface area contributed by atoms with Crippen LogP contribution in [0.25, 0.3) is 10.6 Å². The molecule has 0 spiro atoms. The molecule has 0 saturated carbocycles. The number of nitrogens with one attached hydrogen (secondary N) is 1. The average molecular weight is 423 g/mol. The van der Waals surface area contributed by atoms with Crippen molar-refractivity contribution < 1.29 is 18.8 Å². The Morgan fingerprint density at radius 1 is 1.20 bits per heavy atom. The van der Waals surface area contributed by atoms with Crippen molar-refractivity contribution in [3.63, 3.8) is 0 Å². The van der Waals surface area contributed by atoms with Gasteiger partial charge in [0.25, 0.3) is 5.91 Å². The maximum absolute atomic E-state index is 12.8. The molecule has 25 heavy (non-hydrogen) atoms. The SMILES string of the molecule is COc1ccc(NC(=O)c2c(-c3ccc(Br)s3)noc2C)cc1OC. The molecule has 0 radical (unpaired) electrons. The first-order valence-corrected chi connectivity index (χ1v) is 8.89. The summed E-state index contributed by atoms with van der Waals surface area (Å²) in [4.78, 5) is 13.6. The number of anilines is 1. The van der Waals surface area contributed by atoms with Crippen molar-refractivity contribution in [2.24, 2.45) is 0 Å². The van der Waals surface area contributed by atoms with E-state index in [0.717, 1.165) is 8.66 Å². The lowest BCUT2D eigenvalue weighted by Crippen LogP contribution is -2.13. The van der Waals surface area contributed by atoms with Crippen molar-refractivity contribution in [3.05, 3.63) is 45.4 Å². The van der Waals surface area contributed by atoms with Gasteiger partial charge in [0.15, 0.2) is 11.5 Å². The van der Waals surface area contributed by atoms with Gasteiger partial charge in [-0.1, -0.05) is 5.16 Å². The van der Waals surface area contributed by atoms with E-state index in [0.29, 0.717) is 34.2 Å². The molecule has 2 aromatic heterocycles. The van der Waals surface area contributed by atoms with Gasteiger partial charge in [-0.25, -0.2) is 0 Å². The highest BCUT2D eigenvalue weighted by Gasteiger charge is 2.23. The van der Waals surface area contributed by atoms with E-state index >= 15 is 0 Å². The zero-order valence-electron chi connectivity index (χ0n) is 13.8. The monoisotopic (exact) mass is 422 g/mol. The molecule has 0 bridgehead atoms. The zero-order valence-corrected chi connectivity index (χ0v) is 16.2. The summed E-state index contributed by atoms with van der Waals surface area (Å²) in [5, 5.41) is 6.88. The molecule has 6 nitrogen and oxygen atoms in total. The topological polar surface area (TPSA) is 73.6 Å². The fraction of sp³-hybridized carbons (Fsp3) is 0.176. The predicted molar refractivity (Wildman–Crippen MR) is 99.8 cm³/mol. The normalized spacial score (nSPS) is 10.6. The van der Waals surface area contributed by atoms with E-state index in [4.69, 9.17) is 14.0 Å². The number of hydrogen-bond donors (Lipinski definition) is 1. The summed E-state index contributed by atoms with van der Waals surface area (Å²) in [6, 6.07) is 8.95. The molecule has 0 saturated heterocycles. The largest absolute Gasteiger partial charge is 0.493 e. The lowest BCUT2D eigenvalue weighted by molar-refractivity contribution is 0.102. The van der Waals surface area contributed by atoms with Crippen molar-refractivity contribution in [1.29, 1.82) is 0 Å². The maximum atomic E-state index is 12.8. The molecule has 0 aliphatic heterocycles. The number of aryl methyl sites for hydroxylation is 1. The molecule has 130 valence electrons. The summed E-state index contributed by atoms with van der Waals surface area (Å²) in [6.45, 7) is 1.71. The number of thiophene rings is 1. The predicted octanol–water partition coefficient (Wildman–Crippen LogP) is 4.74. The number of methoxy groups -OCH3 is 2. The summed E-state index contributed by atoms with van der Waals surface area (Å²) in [5.74, 6) is 1.28. The fourth-order valence-electron chi connectivity index (χ4n) is 2.36. The Hall–Kier alpha value is -2.32. The average Bonchev–Trinajstić information content (AvgIpc) is 3.20. The molecule has 8 heteroatoms. The van der Waals surface area contributed by atoms with Crippen molar-refractivity contribution in [3.8, 4) is 22.1 Å². The molecule has 0 aliphatic carbocycles. The molecule has 0 atom stereocenters. The van der Waals surface area contributed by atoms with Crippen LogP contribution in [0, 0.1) is 6.92 Å². The maximum Gasteiger partial charge on any atom is 0.261 e. The molecule has 1 N–H and O–H groups in total. The van der Waals surface area contributed by atoms with Crippen molar-refractivity contribution in [1.82, 2.24) is 5.16 Å². The molecule has 1 aromatic carbocycles. The summed E-state index contributed by atoms with van der Waals surface area (Å²) in [6.07, 6.45) is 0. The van der Waals surface area contributed by atoms with Gasteiger partial charge in [-0.15, -0.1) is 11.3 Å². The minimum absolute atomic E-state index is 0.300. The van der Waals surface area contributed by atoms with Crippen LogP contribution in [-0.4, -0.2) is 25.3 Å². The van der Waals surface area contributed by atoms with Gasteiger partial charge in [0.1, 0.15) is 17.0 Å². The van der Waals surface area contributed by atoms with Crippen LogP contribution in [0.4, 0.5) is 5.69 Å². The van der Waals surface area contributed by atoms with E-state index in [2.05, 4.69) is 26.4 Å². The zero-order chi connectivity index (χ0) is 18.0. The number of halogens is 1. The minimum Gasteiger partial charge on any atom is -0.493 e. The molecular weight excluding hydrogens is 408 g/mol. The highest BCUT2D eigenvalue weighted by molar-refractivity contribution is 9.11. The minimum atomic E-state index is -0.300. The number of nitrogens with zero attached hydrogens (tertiary/aromatic N) is 1. The molecule has 3 aromatic rings. The summed E-state index contributed by atoms with van der Waals surface area (Å²) in [7, 11) is 3.10. The first-order valence-electron chi connectivity index (χ1n) is 7.29. The van der Waals surface area contributed by atoms with Gasteiger partial charge < -0.3 is 19.3 Å². The van der Waals surface area contributed by atoms with Crippen LogP contribution in [0.2, 0.25) is 0 Å². The Bertz CT molecular complexity index is 919. The van der Waals surface area contributed by atoms with Crippen LogP contribution >= 0.6 is 27.3 Å². The number of ether oxygens (including phenoxy) is 2. The highest BCUT2D eigenvalue weighted by atomic mass is 79.9. The van der Waals surface area contributed by atoms with E-state index in [1.165, 1.54) is 11.3 Å². The van der Waals surface area contributed by atoms with Gasteiger partial charge in [0.05, 0.1) is 22.9 Å². The van der Waals surface area contributed by atoms with Crippen molar-refractivity contribution >= 4 is 38.9 Å². The second-order valence-electron chi connectivity index (χ2n) is 5.09. The molecular formula is C17H15BrN2O4S. The van der Waals surface area contributed by atoms with Crippen molar-refractivity contribution in [2.75, 3.05) is 19.5 Å². The fourth-order valence-corrected chi connectivity index (χ4v) is 3.73. The summed E-state index contributed by atoms with van der Waals surface area (Å²) >= 11 is 4.90. The Morgan fingerprint density at radius 3 is 2.60 bits per heavy atom. The van der Waals surface area contributed by atoms with Gasteiger partial charge in [-0.2, -0.15) is 0 Å². The summed E-state index contributed by atoms with van der Waals surface area (Å²) < 4.78 is 16.6. The van der Waals surface area contributed by atoms with Crippen LogP contribution in [0.15, 0.2) is 38.6 Å². The van der Waals surface area contributed by atoms with E-state index in [1.807, 2.05) is 12.1 Å². The Morgan fingerprint density at radius 2 is 1.96 bits per heavy atom. The molecule has 0 fully saturated rings. The number of carbonyl (C=O) groups is 1. The third kappa shape index (κ3) is 3.54. The Balaban J connectivity index is 1.91. The number of amides is 1. The lowest BCUT2D eigenvalue weighted by atomic mass is 10.1. The third-order valence-corrected chi connectivity index (χ3v) is 5.17. The first kappa shape index (κ1) is 17.5. The van der Waals surface area contributed by atoms with Crippen LogP contribution in [-0.2, 0) is 0 Å². The molecule has 0 unspecified atom stereocenters. The lowest BCUT2D eigenvalue weighted by Gasteiger charge is -2.10. The Kier molecular flexibility index (Phi) is 5.10. The van der Waals surface area contributed by atoms with E-state index in [-0.39, 0.29) is 5.91 Å². The standard InChI is InChI=1S/C17H15BrN2O4S/c1-9-15(16(20-24-9)13-6-7-14(18)25-13)17(21)19-10-4-5-11(22-2)12(8-10)23-3/h4-8H,1-3H3,(H,19,21). The number of benzene rings is 1. The van der Waals surface area contributed by atoms with Crippen LogP contribution < -0.4 is 14.8 Å². The number of hydrogen-bond acceptors (Lipinski definition) is 6. The molecule has 0 aliphatic rings. The smallest absolute Gasteiger partial charge is 0.261 e. The van der Waals surface area contributed by atoms with Crippen LogP contribution in [0.5, 0.6) is 11.5 Å². The van der Waals surface area contributed by atoms with Gasteiger partial charge >= 0.3 is 0 Å².